The zero-order valence-corrected chi connectivity index (χ0v) is 12.8. The van der Waals surface area contributed by atoms with Crippen LogP contribution in [0.25, 0.3) is 0 Å². The molecular weight excluding hydrogens is 264 g/mol. The molecule has 0 spiro atoms. The Kier molecular flexibility index (Phi) is 5.34. The minimum Gasteiger partial charge on any atom is -0.398 e. The molecule has 0 bridgehead atoms. The number of hydrogen-bond acceptors (Lipinski definition) is 4. The molecule has 0 saturated carbocycles. The summed E-state index contributed by atoms with van der Waals surface area (Å²) in [5.41, 5.74) is 8.03. The van der Waals surface area contributed by atoms with Crippen LogP contribution >= 0.6 is 0 Å². The lowest BCUT2D eigenvalue weighted by molar-refractivity contribution is 0.189. The van der Waals surface area contributed by atoms with Crippen molar-refractivity contribution in [3.63, 3.8) is 0 Å². The molecule has 0 fully saturated rings. The number of nitrogens with two attached hydrogens (primary N) is 1. The molecule has 0 unspecified atom stereocenters. The minimum absolute atomic E-state index is 0.176. The summed E-state index contributed by atoms with van der Waals surface area (Å²) in [5, 5.41) is 0. The highest BCUT2D eigenvalue weighted by molar-refractivity contribution is 7.89. The van der Waals surface area contributed by atoms with E-state index in [9.17, 15) is 8.42 Å². The molecule has 19 heavy (non-hydrogen) atoms. The predicted molar refractivity (Wildman–Crippen MR) is 76.6 cm³/mol. The van der Waals surface area contributed by atoms with Gasteiger partial charge < -0.3 is 10.5 Å². The highest BCUT2D eigenvalue weighted by Crippen LogP contribution is 2.25. The summed E-state index contributed by atoms with van der Waals surface area (Å²) in [4.78, 5) is 0.176. The first-order valence-electron chi connectivity index (χ1n) is 6.12. The van der Waals surface area contributed by atoms with Gasteiger partial charge in [0, 0.05) is 27.3 Å². The Hall–Kier alpha value is -1.11. The van der Waals surface area contributed by atoms with Gasteiger partial charge >= 0.3 is 0 Å². The van der Waals surface area contributed by atoms with Crippen molar-refractivity contribution >= 4 is 15.7 Å². The van der Waals surface area contributed by atoms with E-state index in [-0.39, 0.29) is 4.90 Å². The molecule has 0 atom stereocenters. The highest BCUT2D eigenvalue weighted by Gasteiger charge is 2.23. The van der Waals surface area contributed by atoms with E-state index in [4.69, 9.17) is 10.5 Å². The van der Waals surface area contributed by atoms with E-state index in [2.05, 4.69) is 0 Å². The van der Waals surface area contributed by atoms with E-state index in [1.54, 1.807) is 26.3 Å². The second kappa shape index (κ2) is 6.36. The fourth-order valence-electron chi connectivity index (χ4n) is 1.76. The Labute approximate surface area is 115 Å². The van der Waals surface area contributed by atoms with Gasteiger partial charge in [-0.1, -0.05) is 0 Å². The Balaban J connectivity index is 3.03. The van der Waals surface area contributed by atoms with Crippen molar-refractivity contribution in [2.24, 2.45) is 0 Å². The number of methoxy groups -OCH3 is 1. The summed E-state index contributed by atoms with van der Waals surface area (Å²) in [7, 11) is -0.388. The first-order valence-corrected chi connectivity index (χ1v) is 7.56. The molecule has 0 aliphatic carbocycles. The van der Waals surface area contributed by atoms with Gasteiger partial charge in [0.2, 0.25) is 10.0 Å². The average Bonchev–Trinajstić information content (AvgIpc) is 2.33. The third-order valence-corrected chi connectivity index (χ3v) is 5.05. The predicted octanol–water partition coefficient (Wildman–Crippen LogP) is 1.54. The van der Waals surface area contributed by atoms with E-state index in [1.165, 1.54) is 4.31 Å². The number of rotatable bonds is 6. The molecule has 0 saturated heterocycles. The van der Waals surface area contributed by atoms with Crippen LogP contribution in [0.2, 0.25) is 0 Å². The summed E-state index contributed by atoms with van der Waals surface area (Å²) in [5.74, 6) is 0. The maximum atomic E-state index is 12.4. The Morgan fingerprint density at radius 2 is 1.84 bits per heavy atom. The maximum Gasteiger partial charge on any atom is 0.244 e. The lowest BCUT2D eigenvalue weighted by Crippen LogP contribution is -2.29. The summed E-state index contributed by atoms with van der Waals surface area (Å²) in [6.45, 7) is 4.72. The van der Waals surface area contributed by atoms with Crippen molar-refractivity contribution in [3.8, 4) is 0 Å². The number of aryl methyl sites for hydroxylation is 2. The molecule has 0 aliphatic rings. The second-order valence-electron chi connectivity index (χ2n) is 4.65. The van der Waals surface area contributed by atoms with Gasteiger partial charge in [0.25, 0.3) is 0 Å². The number of hydrogen-bond donors (Lipinski definition) is 1. The van der Waals surface area contributed by atoms with Crippen molar-refractivity contribution < 1.29 is 13.2 Å². The zero-order chi connectivity index (χ0) is 14.6. The van der Waals surface area contributed by atoms with Gasteiger partial charge in [-0.05, 0) is 43.5 Å². The van der Waals surface area contributed by atoms with E-state index >= 15 is 0 Å². The van der Waals surface area contributed by atoms with Crippen LogP contribution in [0.15, 0.2) is 17.0 Å². The monoisotopic (exact) mass is 286 g/mol. The molecule has 5 nitrogen and oxygen atoms in total. The van der Waals surface area contributed by atoms with Crippen LogP contribution in [0.3, 0.4) is 0 Å². The van der Waals surface area contributed by atoms with Gasteiger partial charge in [0.1, 0.15) is 4.90 Å². The van der Waals surface area contributed by atoms with Gasteiger partial charge in [-0.25, -0.2) is 12.7 Å². The van der Waals surface area contributed by atoms with Gasteiger partial charge in [0.15, 0.2) is 0 Å². The third kappa shape index (κ3) is 3.68. The topological polar surface area (TPSA) is 72.6 Å². The summed E-state index contributed by atoms with van der Waals surface area (Å²) in [6, 6.07) is 3.33. The molecule has 1 aromatic rings. The van der Waals surface area contributed by atoms with Crippen LogP contribution in [-0.4, -0.2) is 40.0 Å². The molecule has 6 heteroatoms. The molecule has 0 aliphatic heterocycles. The van der Waals surface area contributed by atoms with E-state index < -0.39 is 10.0 Å². The molecule has 0 radical (unpaired) electrons. The highest BCUT2D eigenvalue weighted by atomic mass is 32.2. The standard InChI is InChI=1S/C13H22N2O3S/c1-10-8-12(14)13(9-11(10)2)19(16,17)15(3)6-5-7-18-4/h8-9H,5-7,14H2,1-4H3. The molecular formula is C13H22N2O3S. The van der Waals surface area contributed by atoms with Crippen LogP contribution in [0.5, 0.6) is 0 Å². The maximum absolute atomic E-state index is 12.4. The van der Waals surface area contributed by atoms with Gasteiger partial charge in [-0.3, -0.25) is 0 Å². The minimum atomic E-state index is -3.54. The lowest BCUT2D eigenvalue weighted by atomic mass is 10.1. The smallest absolute Gasteiger partial charge is 0.244 e. The fourth-order valence-corrected chi connectivity index (χ4v) is 3.14. The largest absolute Gasteiger partial charge is 0.398 e. The van der Waals surface area contributed by atoms with E-state index in [0.29, 0.717) is 25.3 Å². The van der Waals surface area contributed by atoms with Gasteiger partial charge in [-0.15, -0.1) is 0 Å². The molecule has 0 aromatic heterocycles. The van der Waals surface area contributed by atoms with Crippen LogP contribution in [0, 0.1) is 13.8 Å². The number of anilines is 1. The average molecular weight is 286 g/mol. The summed E-state index contributed by atoms with van der Waals surface area (Å²) in [6.07, 6.45) is 0.650. The lowest BCUT2D eigenvalue weighted by Gasteiger charge is -2.19. The van der Waals surface area contributed by atoms with Gasteiger partial charge in [0.05, 0.1) is 5.69 Å². The second-order valence-corrected chi connectivity index (χ2v) is 6.66. The Morgan fingerprint density at radius 1 is 1.26 bits per heavy atom. The quantitative estimate of drug-likeness (QED) is 0.636. The molecule has 1 aromatic carbocycles. The molecule has 0 heterocycles. The third-order valence-electron chi connectivity index (χ3n) is 3.14. The van der Waals surface area contributed by atoms with Crippen molar-refractivity contribution in [3.05, 3.63) is 23.3 Å². The normalized spacial score (nSPS) is 12.1. The van der Waals surface area contributed by atoms with E-state index in [1.807, 2.05) is 13.8 Å². The molecule has 108 valence electrons. The van der Waals surface area contributed by atoms with Crippen molar-refractivity contribution in [1.29, 1.82) is 0 Å². The van der Waals surface area contributed by atoms with E-state index in [0.717, 1.165) is 11.1 Å². The number of sulfonamides is 1. The van der Waals surface area contributed by atoms with Gasteiger partial charge in [-0.2, -0.15) is 0 Å². The SMILES string of the molecule is COCCCN(C)S(=O)(=O)c1cc(C)c(C)cc1N. The van der Waals surface area contributed by atoms with Crippen molar-refractivity contribution in [2.45, 2.75) is 25.2 Å². The summed E-state index contributed by atoms with van der Waals surface area (Å²) >= 11 is 0. The van der Waals surface area contributed by atoms with Crippen LogP contribution in [0.1, 0.15) is 17.5 Å². The number of nitrogens with zero attached hydrogens (tertiary/aromatic N) is 1. The number of nitrogen functional groups attached to an aromatic ring is 1. The van der Waals surface area contributed by atoms with Crippen molar-refractivity contribution in [1.82, 2.24) is 4.31 Å². The van der Waals surface area contributed by atoms with Crippen LogP contribution in [-0.2, 0) is 14.8 Å². The fraction of sp³-hybridized carbons (Fsp3) is 0.538. The molecule has 0 amide bonds. The van der Waals surface area contributed by atoms with Crippen molar-refractivity contribution in [2.75, 3.05) is 33.0 Å². The number of benzene rings is 1. The van der Waals surface area contributed by atoms with Crippen LogP contribution in [0.4, 0.5) is 5.69 Å². The van der Waals surface area contributed by atoms with Crippen LogP contribution < -0.4 is 5.73 Å². The first-order chi connectivity index (χ1) is 8.80. The zero-order valence-electron chi connectivity index (χ0n) is 11.9. The Morgan fingerprint density at radius 3 is 2.42 bits per heavy atom. The number of ether oxygens (including phenoxy) is 1. The Bertz CT molecular complexity index is 541. The summed E-state index contributed by atoms with van der Waals surface area (Å²) < 4.78 is 31.1. The molecule has 1 rings (SSSR count). The molecule has 2 N–H and O–H groups in total. The first kappa shape index (κ1) is 15.9.